The van der Waals surface area contributed by atoms with Crippen LogP contribution in [0.15, 0.2) is 63.8 Å². The molecule has 1 saturated heterocycles. The highest BCUT2D eigenvalue weighted by Crippen LogP contribution is 2.56. The van der Waals surface area contributed by atoms with Crippen LogP contribution in [0.1, 0.15) is 35.1 Å². The molecule has 0 radical (unpaired) electrons. The summed E-state index contributed by atoms with van der Waals surface area (Å²) in [5, 5.41) is 3.50. The molecule has 146 valence electrons. The van der Waals surface area contributed by atoms with E-state index in [0.29, 0.717) is 22.2 Å². The van der Waals surface area contributed by atoms with E-state index in [-0.39, 0.29) is 17.2 Å². The van der Waals surface area contributed by atoms with Gasteiger partial charge >= 0.3 is 5.63 Å². The SMILES string of the molecule is CC1(C)S[C@H]2c3ccccc3C(=O)N2[C@@H]1C(=O)Nc1ccc2oc(=O)ccc2c1. The van der Waals surface area contributed by atoms with Crippen molar-refractivity contribution in [1.29, 1.82) is 0 Å². The number of nitrogens with one attached hydrogen (secondary N) is 1. The van der Waals surface area contributed by atoms with Crippen LogP contribution in [0.3, 0.4) is 0 Å². The van der Waals surface area contributed by atoms with Crippen molar-refractivity contribution in [2.75, 3.05) is 5.32 Å². The zero-order chi connectivity index (χ0) is 20.3. The minimum atomic E-state index is -0.609. The summed E-state index contributed by atoms with van der Waals surface area (Å²) >= 11 is 1.63. The van der Waals surface area contributed by atoms with Crippen LogP contribution < -0.4 is 10.9 Å². The minimum absolute atomic E-state index is 0.107. The van der Waals surface area contributed by atoms with E-state index in [0.717, 1.165) is 5.56 Å². The fraction of sp³-hybridized carbons (Fsp3) is 0.227. The van der Waals surface area contributed by atoms with Crippen molar-refractivity contribution in [3.8, 4) is 0 Å². The fourth-order valence-electron chi connectivity index (χ4n) is 4.16. The second-order valence-electron chi connectivity index (χ2n) is 7.77. The summed E-state index contributed by atoms with van der Waals surface area (Å²) in [4.78, 5) is 39.3. The van der Waals surface area contributed by atoms with Crippen LogP contribution in [0.2, 0.25) is 0 Å². The quantitative estimate of drug-likeness (QED) is 0.655. The zero-order valence-corrected chi connectivity index (χ0v) is 16.7. The molecule has 2 aliphatic heterocycles. The van der Waals surface area contributed by atoms with Crippen molar-refractivity contribution < 1.29 is 14.0 Å². The first kappa shape index (κ1) is 18.0. The Morgan fingerprint density at radius 1 is 1.10 bits per heavy atom. The van der Waals surface area contributed by atoms with Gasteiger partial charge in [-0.2, -0.15) is 0 Å². The summed E-state index contributed by atoms with van der Waals surface area (Å²) in [6.07, 6.45) is 0. The summed E-state index contributed by atoms with van der Waals surface area (Å²) in [6, 6.07) is 15.0. The standard InChI is InChI=1S/C22H18N2O4S/c1-22(2)18(24-20(27)14-5-3-4-6-15(14)21(24)29-22)19(26)23-13-8-9-16-12(11-13)7-10-17(25)28-16/h3-11,18,21H,1-2H3,(H,23,26)/t18-,21+/m1/s1. The number of nitrogens with zero attached hydrogens (tertiary/aromatic N) is 1. The van der Waals surface area contributed by atoms with Crippen molar-refractivity contribution in [2.24, 2.45) is 0 Å². The second-order valence-corrected chi connectivity index (χ2v) is 9.51. The molecule has 7 heteroatoms. The first-order valence-corrected chi connectivity index (χ1v) is 10.2. The van der Waals surface area contributed by atoms with Gasteiger partial charge in [0.25, 0.3) is 5.91 Å². The summed E-state index contributed by atoms with van der Waals surface area (Å²) in [7, 11) is 0. The van der Waals surface area contributed by atoms with Crippen molar-refractivity contribution in [3.63, 3.8) is 0 Å². The highest BCUT2D eigenvalue weighted by molar-refractivity contribution is 8.01. The van der Waals surface area contributed by atoms with Crippen LogP contribution in [-0.2, 0) is 4.79 Å². The number of fused-ring (bicyclic) bond motifs is 4. The Balaban J connectivity index is 1.47. The van der Waals surface area contributed by atoms with Gasteiger partial charge in [0.2, 0.25) is 5.91 Å². The smallest absolute Gasteiger partial charge is 0.336 e. The Kier molecular flexibility index (Phi) is 3.86. The first-order valence-electron chi connectivity index (χ1n) is 9.29. The number of anilines is 1. The Hall–Kier alpha value is -3.06. The molecule has 2 atom stereocenters. The normalized spacial score (nSPS) is 21.9. The van der Waals surface area contributed by atoms with Crippen LogP contribution in [0.4, 0.5) is 5.69 Å². The molecule has 2 amide bonds. The third-order valence-electron chi connectivity index (χ3n) is 5.43. The summed E-state index contributed by atoms with van der Waals surface area (Å²) in [5.74, 6) is -0.341. The van der Waals surface area contributed by atoms with Crippen LogP contribution in [0, 0.1) is 0 Å². The van der Waals surface area contributed by atoms with Gasteiger partial charge in [0.1, 0.15) is 17.0 Å². The lowest BCUT2D eigenvalue weighted by Gasteiger charge is -2.29. The highest BCUT2D eigenvalue weighted by Gasteiger charge is 2.57. The van der Waals surface area contributed by atoms with Crippen LogP contribution in [0.25, 0.3) is 11.0 Å². The number of hydrogen-bond acceptors (Lipinski definition) is 5. The zero-order valence-electron chi connectivity index (χ0n) is 15.8. The maximum Gasteiger partial charge on any atom is 0.336 e. The predicted molar refractivity (Wildman–Crippen MR) is 112 cm³/mol. The predicted octanol–water partition coefficient (Wildman–Crippen LogP) is 3.78. The molecule has 29 heavy (non-hydrogen) atoms. The molecule has 3 aromatic rings. The molecule has 0 spiro atoms. The van der Waals surface area contributed by atoms with Gasteiger partial charge in [-0.1, -0.05) is 18.2 Å². The molecule has 0 saturated carbocycles. The second kappa shape index (κ2) is 6.22. The lowest BCUT2D eigenvalue weighted by Crippen LogP contribution is -2.50. The van der Waals surface area contributed by atoms with Gasteiger partial charge in [0.05, 0.1) is 0 Å². The van der Waals surface area contributed by atoms with Gasteiger partial charge in [-0.15, -0.1) is 11.8 Å². The molecule has 0 unspecified atom stereocenters. The van der Waals surface area contributed by atoms with Gasteiger partial charge < -0.3 is 14.6 Å². The van der Waals surface area contributed by atoms with E-state index in [4.69, 9.17) is 4.42 Å². The van der Waals surface area contributed by atoms with Gasteiger partial charge in [0.15, 0.2) is 0 Å². The Morgan fingerprint density at radius 3 is 2.72 bits per heavy atom. The maximum absolute atomic E-state index is 13.3. The number of rotatable bonds is 2. The maximum atomic E-state index is 13.3. The Bertz CT molecular complexity index is 1230. The highest BCUT2D eigenvalue weighted by atomic mass is 32.2. The number of thioether (sulfide) groups is 1. The topological polar surface area (TPSA) is 79.6 Å². The Labute approximate surface area is 170 Å². The van der Waals surface area contributed by atoms with Gasteiger partial charge in [-0.05, 0) is 49.7 Å². The number of benzene rings is 2. The molecular weight excluding hydrogens is 388 g/mol. The van der Waals surface area contributed by atoms with Gasteiger partial charge in [0, 0.05) is 27.5 Å². The van der Waals surface area contributed by atoms with E-state index in [9.17, 15) is 14.4 Å². The van der Waals surface area contributed by atoms with E-state index >= 15 is 0 Å². The Morgan fingerprint density at radius 2 is 1.90 bits per heavy atom. The van der Waals surface area contributed by atoms with E-state index in [1.165, 1.54) is 6.07 Å². The van der Waals surface area contributed by atoms with Gasteiger partial charge in [-0.3, -0.25) is 9.59 Å². The van der Waals surface area contributed by atoms with E-state index in [1.54, 1.807) is 40.9 Å². The van der Waals surface area contributed by atoms with Crippen molar-refractivity contribution >= 4 is 40.2 Å². The largest absolute Gasteiger partial charge is 0.423 e. The molecule has 1 fully saturated rings. The van der Waals surface area contributed by atoms with Crippen LogP contribution in [0.5, 0.6) is 0 Å². The lowest BCUT2D eigenvalue weighted by atomic mass is 10.0. The first-order chi connectivity index (χ1) is 13.8. The molecule has 1 aromatic heterocycles. The van der Waals surface area contributed by atoms with Crippen molar-refractivity contribution in [1.82, 2.24) is 4.90 Å². The number of carbonyl (C=O) groups is 2. The van der Waals surface area contributed by atoms with Crippen molar-refractivity contribution in [2.45, 2.75) is 30.0 Å². The summed E-state index contributed by atoms with van der Waals surface area (Å²) in [5.41, 5.74) is 2.25. The fourth-order valence-corrected chi connectivity index (χ4v) is 5.75. The molecule has 2 aliphatic rings. The molecule has 5 rings (SSSR count). The molecule has 3 heterocycles. The van der Waals surface area contributed by atoms with Gasteiger partial charge in [-0.25, -0.2) is 4.79 Å². The summed E-state index contributed by atoms with van der Waals surface area (Å²) in [6.45, 7) is 3.98. The average Bonchev–Trinajstić information content (AvgIpc) is 3.11. The molecule has 1 N–H and O–H groups in total. The molecular formula is C22H18N2O4S. The lowest BCUT2D eigenvalue weighted by molar-refractivity contribution is -0.121. The third-order valence-corrected chi connectivity index (χ3v) is 6.97. The molecule has 0 bridgehead atoms. The molecule has 6 nitrogen and oxygen atoms in total. The van der Waals surface area contributed by atoms with E-state index in [1.807, 2.05) is 38.1 Å². The molecule has 2 aromatic carbocycles. The van der Waals surface area contributed by atoms with Crippen molar-refractivity contribution in [3.05, 3.63) is 76.1 Å². The third kappa shape index (κ3) is 2.76. The number of hydrogen-bond donors (Lipinski definition) is 1. The van der Waals surface area contributed by atoms with E-state index in [2.05, 4.69) is 5.32 Å². The molecule has 0 aliphatic carbocycles. The number of amides is 2. The van der Waals surface area contributed by atoms with E-state index < -0.39 is 16.4 Å². The monoisotopic (exact) mass is 406 g/mol. The minimum Gasteiger partial charge on any atom is -0.423 e. The average molecular weight is 406 g/mol. The summed E-state index contributed by atoms with van der Waals surface area (Å²) < 4.78 is 4.69. The van der Waals surface area contributed by atoms with Crippen LogP contribution >= 0.6 is 11.8 Å². The number of carbonyl (C=O) groups excluding carboxylic acids is 2. The van der Waals surface area contributed by atoms with Crippen LogP contribution in [-0.4, -0.2) is 27.5 Å².